The number of methoxy groups -OCH3 is 1. The van der Waals surface area contributed by atoms with Crippen LogP contribution < -0.4 is 15.8 Å². The molecule has 0 saturated heterocycles. The average Bonchev–Trinajstić information content (AvgIpc) is 2.47. The molecule has 0 aliphatic carbocycles. The number of anilines is 2. The summed E-state index contributed by atoms with van der Waals surface area (Å²) < 4.78 is 5.29. The van der Waals surface area contributed by atoms with Crippen LogP contribution in [0.2, 0.25) is 0 Å². The van der Waals surface area contributed by atoms with Crippen LogP contribution in [-0.2, 0) is 6.42 Å². The SMILES string of the molecule is CCCN(CCC)C1CNc2c(ccc(OC)c2N)C1. The van der Waals surface area contributed by atoms with Crippen LogP contribution in [0.3, 0.4) is 0 Å². The van der Waals surface area contributed by atoms with Gasteiger partial charge < -0.3 is 15.8 Å². The second-order valence-corrected chi connectivity index (χ2v) is 5.49. The zero-order valence-electron chi connectivity index (χ0n) is 12.9. The molecular weight excluding hydrogens is 250 g/mol. The van der Waals surface area contributed by atoms with Gasteiger partial charge in [0, 0.05) is 12.6 Å². The normalized spacial score (nSPS) is 17.7. The Labute approximate surface area is 122 Å². The molecule has 112 valence electrons. The summed E-state index contributed by atoms with van der Waals surface area (Å²) >= 11 is 0. The van der Waals surface area contributed by atoms with Crippen molar-refractivity contribution in [2.75, 3.05) is 37.8 Å². The molecule has 0 spiro atoms. The maximum absolute atomic E-state index is 6.15. The zero-order chi connectivity index (χ0) is 14.5. The van der Waals surface area contributed by atoms with Crippen LogP contribution in [0.5, 0.6) is 5.75 Å². The van der Waals surface area contributed by atoms with E-state index in [9.17, 15) is 0 Å². The van der Waals surface area contributed by atoms with E-state index in [1.807, 2.05) is 6.07 Å². The Morgan fingerprint density at radius 1 is 1.30 bits per heavy atom. The second-order valence-electron chi connectivity index (χ2n) is 5.49. The maximum Gasteiger partial charge on any atom is 0.143 e. The number of fused-ring (bicyclic) bond motifs is 1. The van der Waals surface area contributed by atoms with Crippen molar-refractivity contribution in [3.8, 4) is 5.75 Å². The number of hydrogen-bond acceptors (Lipinski definition) is 4. The van der Waals surface area contributed by atoms with Gasteiger partial charge in [0.1, 0.15) is 5.75 Å². The molecule has 1 heterocycles. The minimum Gasteiger partial charge on any atom is -0.495 e. The zero-order valence-corrected chi connectivity index (χ0v) is 12.9. The molecule has 1 aromatic rings. The lowest BCUT2D eigenvalue weighted by molar-refractivity contribution is 0.200. The van der Waals surface area contributed by atoms with E-state index in [1.54, 1.807) is 7.11 Å². The van der Waals surface area contributed by atoms with E-state index in [0.717, 1.165) is 30.1 Å². The number of nitrogen functional groups attached to an aromatic ring is 1. The van der Waals surface area contributed by atoms with Crippen molar-refractivity contribution in [1.29, 1.82) is 0 Å². The molecule has 0 fully saturated rings. The van der Waals surface area contributed by atoms with Gasteiger partial charge in [0.25, 0.3) is 0 Å². The number of nitrogens with one attached hydrogen (secondary N) is 1. The van der Waals surface area contributed by atoms with Gasteiger partial charge in [0.15, 0.2) is 0 Å². The number of hydrogen-bond donors (Lipinski definition) is 2. The van der Waals surface area contributed by atoms with E-state index >= 15 is 0 Å². The molecule has 20 heavy (non-hydrogen) atoms. The smallest absolute Gasteiger partial charge is 0.143 e. The molecule has 0 bridgehead atoms. The predicted octanol–water partition coefficient (Wildman–Crippen LogP) is 2.74. The lowest BCUT2D eigenvalue weighted by Crippen LogP contribution is -2.44. The van der Waals surface area contributed by atoms with Crippen molar-refractivity contribution >= 4 is 11.4 Å². The van der Waals surface area contributed by atoms with Crippen LogP contribution in [-0.4, -0.2) is 37.7 Å². The summed E-state index contributed by atoms with van der Waals surface area (Å²) in [5.41, 5.74) is 9.26. The van der Waals surface area contributed by atoms with Gasteiger partial charge in [0.05, 0.1) is 18.5 Å². The molecule has 1 aliphatic heterocycles. The van der Waals surface area contributed by atoms with Gasteiger partial charge in [-0.15, -0.1) is 0 Å². The Morgan fingerprint density at radius 3 is 2.60 bits per heavy atom. The first-order chi connectivity index (χ1) is 9.71. The number of rotatable bonds is 6. The first kappa shape index (κ1) is 15.0. The highest BCUT2D eigenvalue weighted by atomic mass is 16.5. The monoisotopic (exact) mass is 277 g/mol. The molecule has 1 aromatic carbocycles. The molecule has 3 N–H and O–H groups in total. The highest BCUT2D eigenvalue weighted by Crippen LogP contribution is 2.36. The van der Waals surface area contributed by atoms with E-state index in [1.165, 1.54) is 31.5 Å². The van der Waals surface area contributed by atoms with Crippen molar-refractivity contribution < 1.29 is 4.74 Å². The van der Waals surface area contributed by atoms with Gasteiger partial charge in [0.2, 0.25) is 0 Å². The first-order valence-electron chi connectivity index (χ1n) is 7.64. The minimum absolute atomic E-state index is 0.565. The quantitative estimate of drug-likeness (QED) is 0.785. The van der Waals surface area contributed by atoms with E-state index in [0.29, 0.717) is 6.04 Å². The van der Waals surface area contributed by atoms with Crippen molar-refractivity contribution in [1.82, 2.24) is 4.90 Å². The third kappa shape index (κ3) is 3.01. The number of benzene rings is 1. The Balaban J connectivity index is 2.16. The Morgan fingerprint density at radius 2 is 2.00 bits per heavy atom. The maximum atomic E-state index is 6.15. The molecule has 4 heteroatoms. The molecule has 0 aromatic heterocycles. The highest BCUT2D eigenvalue weighted by Gasteiger charge is 2.25. The lowest BCUT2D eigenvalue weighted by atomic mass is 9.96. The van der Waals surface area contributed by atoms with Crippen LogP contribution >= 0.6 is 0 Å². The summed E-state index contributed by atoms with van der Waals surface area (Å²) in [5, 5.41) is 3.51. The Hall–Kier alpha value is -1.42. The second kappa shape index (κ2) is 6.84. The predicted molar refractivity (Wildman–Crippen MR) is 85.5 cm³/mol. The number of ether oxygens (including phenoxy) is 1. The van der Waals surface area contributed by atoms with Crippen molar-refractivity contribution in [2.24, 2.45) is 0 Å². The summed E-state index contributed by atoms with van der Waals surface area (Å²) in [7, 11) is 1.66. The first-order valence-corrected chi connectivity index (χ1v) is 7.64. The van der Waals surface area contributed by atoms with E-state index in [-0.39, 0.29) is 0 Å². The fourth-order valence-corrected chi connectivity index (χ4v) is 3.06. The molecule has 4 nitrogen and oxygen atoms in total. The summed E-state index contributed by atoms with van der Waals surface area (Å²) in [6.45, 7) is 7.79. The molecule has 0 amide bonds. The fourth-order valence-electron chi connectivity index (χ4n) is 3.06. The molecule has 1 atom stereocenters. The summed E-state index contributed by atoms with van der Waals surface area (Å²) in [6.07, 6.45) is 3.47. The van der Waals surface area contributed by atoms with Crippen molar-refractivity contribution in [2.45, 2.75) is 39.2 Å². The minimum atomic E-state index is 0.565. The third-order valence-electron chi connectivity index (χ3n) is 4.02. The average molecular weight is 277 g/mol. The van der Waals surface area contributed by atoms with Crippen LogP contribution in [0.15, 0.2) is 12.1 Å². The largest absolute Gasteiger partial charge is 0.495 e. The van der Waals surface area contributed by atoms with Gasteiger partial charge in [-0.1, -0.05) is 19.9 Å². The molecule has 0 radical (unpaired) electrons. The molecule has 1 unspecified atom stereocenters. The Bertz CT molecular complexity index is 442. The standard InChI is InChI=1S/C16H27N3O/c1-4-8-19(9-5-2)13-10-12-6-7-14(20-3)15(17)16(12)18-11-13/h6-7,13,18H,4-5,8-11,17H2,1-3H3. The summed E-state index contributed by atoms with van der Waals surface area (Å²) in [6, 6.07) is 4.68. The number of nitrogens with zero attached hydrogens (tertiary/aromatic N) is 1. The fraction of sp³-hybridized carbons (Fsp3) is 0.625. The van der Waals surface area contributed by atoms with Gasteiger partial charge >= 0.3 is 0 Å². The van der Waals surface area contributed by atoms with Crippen molar-refractivity contribution in [3.05, 3.63) is 17.7 Å². The van der Waals surface area contributed by atoms with E-state index in [2.05, 4.69) is 30.1 Å². The lowest BCUT2D eigenvalue weighted by Gasteiger charge is -2.36. The van der Waals surface area contributed by atoms with E-state index in [4.69, 9.17) is 10.5 Å². The molecular formula is C16H27N3O. The van der Waals surface area contributed by atoms with Crippen molar-refractivity contribution in [3.63, 3.8) is 0 Å². The third-order valence-corrected chi connectivity index (χ3v) is 4.02. The highest BCUT2D eigenvalue weighted by molar-refractivity contribution is 5.77. The van der Waals surface area contributed by atoms with Crippen LogP contribution in [0.25, 0.3) is 0 Å². The van der Waals surface area contributed by atoms with Gasteiger partial charge in [-0.2, -0.15) is 0 Å². The van der Waals surface area contributed by atoms with Gasteiger partial charge in [-0.05, 0) is 44.0 Å². The van der Waals surface area contributed by atoms with Crippen LogP contribution in [0.4, 0.5) is 11.4 Å². The molecule has 2 rings (SSSR count). The summed E-state index contributed by atoms with van der Waals surface area (Å²) in [4.78, 5) is 2.59. The topological polar surface area (TPSA) is 50.5 Å². The molecule has 1 aliphatic rings. The molecule has 0 saturated carbocycles. The Kier molecular flexibility index (Phi) is 5.12. The van der Waals surface area contributed by atoms with Crippen LogP contribution in [0.1, 0.15) is 32.3 Å². The number of nitrogens with two attached hydrogens (primary N) is 1. The van der Waals surface area contributed by atoms with E-state index < -0.39 is 0 Å². The van der Waals surface area contributed by atoms with Gasteiger partial charge in [-0.3, -0.25) is 4.90 Å². The van der Waals surface area contributed by atoms with Gasteiger partial charge in [-0.25, -0.2) is 0 Å². The summed E-state index contributed by atoms with van der Waals surface area (Å²) in [5.74, 6) is 0.758. The van der Waals surface area contributed by atoms with Crippen LogP contribution in [0, 0.1) is 0 Å².